The molecule has 0 aromatic carbocycles. The molecule has 2 fully saturated rings. The average molecular weight is 282 g/mol. The van der Waals surface area contributed by atoms with Crippen molar-refractivity contribution in [1.82, 2.24) is 10.2 Å². The summed E-state index contributed by atoms with van der Waals surface area (Å²) in [6.07, 6.45) is 5.69. The molecule has 2 rings (SSSR count). The fourth-order valence-corrected chi connectivity index (χ4v) is 3.68. The van der Waals surface area contributed by atoms with Crippen molar-refractivity contribution in [3.05, 3.63) is 0 Å². The van der Waals surface area contributed by atoms with Gasteiger partial charge in [-0.25, -0.2) is 0 Å². The number of hydrogen-bond donors (Lipinski definition) is 1. The molecule has 2 atom stereocenters. The summed E-state index contributed by atoms with van der Waals surface area (Å²) in [7, 11) is 1.70. The molecule has 2 saturated heterocycles. The maximum absolute atomic E-state index is 12.5. The molecule has 20 heavy (non-hydrogen) atoms. The Balaban J connectivity index is 1.83. The van der Waals surface area contributed by atoms with Gasteiger partial charge in [0.25, 0.3) is 0 Å². The SMILES string of the molecule is COCCN(CC(C)C)C(=O)CC1CC2CCC(C1)N2. The molecule has 2 aliphatic heterocycles. The largest absolute Gasteiger partial charge is 0.383 e. The highest BCUT2D eigenvalue weighted by Gasteiger charge is 2.34. The molecular formula is C16H30N2O2. The molecule has 4 nitrogen and oxygen atoms in total. The lowest BCUT2D eigenvalue weighted by Crippen LogP contribution is -2.42. The third-order valence-corrected chi connectivity index (χ3v) is 4.54. The van der Waals surface area contributed by atoms with E-state index in [0.717, 1.165) is 19.5 Å². The molecule has 116 valence electrons. The van der Waals surface area contributed by atoms with Crippen molar-refractivity contribution in [3.63, 3.8) is 0 Å². The van der Waals surface area contributed by atoms with E-state index in [0.29, 0.717) is 36.4 Å². The Kier molecular flexibility index (Phi) is 5.85. The van der Waals surface area contributed by atoms with Gasteiger partial charge in [-0.2, -0.15) is 0 Å². The second-order valence-electron chi connectivity index (χ2n) is 6.91. The fourth-order valence-electron chi connectivity index (χ4n) is 3.68. The molecule has 2 heterocycles. The van der Waals surface area contributed by atoms with E-state index in [1.165, 1.54) is 25.7 Å². The molecule has 2 aliphatic rings. The maximum Gasteiger partial charge on any atom is 0.222 e. The van der Waals surface area contributed by atoms with Crippen LogP contribution in [0.2, 0.25) is 0 Å². The highest BCUT2D eigenvalue weighted by atomic mass is 16.5. The van der Waals surface area contributed by atoms with Crippen LogP contribution >= 0.6 is 0 Å². The first kappa shape index (κ1) is 15.8. The van der Waals surface area contributed by atoms with Crippen LogP contribution in [0.25, 0.3) is 0 Å². The summed E-state index contributed by atoms with van der Waals surface area (Å²) in [5.74, 6) is 1.42. The summed E-state index contributed by atoms with van der Waals surface area (Å²) in [5, 5.41) is 3.64. The van der Waals surface area contributed by atoms with Crippen LogP contribution in [0.1, 0.15) is 46.0 Å². The Morgan fingerprint density at radius 1 is 1.30 bits per heavy atom. The van der Waals surface area contributed by atoms with Crippen molar-refractivity contribution < 1.29 is 9.53 Å². The van der Waals surface area contributed by atoms with Gasteiger partial charge in [0, 0.05) is 38.7 Å². The molecule has 0 saturated carbocycles. The van der Waals surface area contributed by atoms with Crippen LogP contribution in [0.15, 0.2) is 0 Å². The van der Waals surface area contributed by atoms with Crippen molar-refractivity contribution in [2.45, 2.75) is 58.0 Å². The number of carbonyl (C=O) groups excluding carboxylic acids is 1. The van der Waals surface area contributed by atoms with Gasteiger partial charge in [-0.15, -0.1) is 0 Å². The van der Waals surface area contributed by atoms with Crippen LogP contribution in [0.5, 0.6) is 0 Å². The zero-order valence-electron chi connectivity index (χ0n) is 13.2. The number of amides is 1. The smallest absolute Gasteiger partial charge is 0.222 e. The zero-order chi connectivity index (χ0) is 14.5. The van der Waals surface area contributed by atoms with Gasteiger partial charge in [0.15, 0.2) is 0 Å². The Morgan fingerprint density at radius 3 is 2.50 bits per heavy atom. The van der Waals surface area contributed by atoms with Crippen molar-refractivity contribution in [1.29, 1.82) is 0 Å². The maximum atomic E-state index is 12.5. The summed E-state index contributed by atoms with van der Waals surface area (Å²) in [6, 6.07) is 1.34. The second-order valence-corrected chi connectivity index (χ2v) is 6.91. The van der Waals surface area contributed by atoms with Crippen molar-refractivity contribution in [2.24, 2.45) is 11.8 Å². The molecule has 0 aromatic rings. The standard InChI is InChI=1S/C16H30N2O2/c1-12(2)11-18(6-7-20-3)16(19)10-13-8-14-4-5-15(9-13)17-14/h12-15,17H,4-11H2,1-3H3. The Hall–Kier alpha value is -0.610. The van der Waals surface area contributed by atoms with Crippen LogP contribution in [-0.4, -0.2) is 49.7 Å². The van der Waals surface area contributed by atoms with Crippen LogP contribution in [-0.2, 0) is 9.53 Å². The van der Waals surface area contributed by atoms with Crippen LogP contribution in [0, 0.1) is 11.8 Å². The normalized spacial score (nSPS) is 28.9. The summed E-state index contributed by atoms with van der Waals surface area (Å²) < 4.78 is 5.13. The highest BCUT2D eigenvalue weighted by molar-refractivity contribution is 5.76. The Morgan fingerprint density at radius 2 is 1.95 bits per heavy atom. The van der Waals surface area contributed by atoms with Crippen LogP contribution in [0.4, 0.5) is 0 Å². The molecule has 0 aliphatic carbocycles. The molecule has 2 bridgehead atoms. The van der Waals surface area contributed by atoms with Gasteiger partial charge < -0.3 is 15.0 Å². The van der Waals surface area contributed by atoms with Gasteiger partial charge in [0.05, 0.1) is 6.61 Å². The summed E-state index contributed by atoms with van der Waals surface area (Å²) in [4.78, 5) is 14.5. The van der Waals surface area contributed by atoms with E-state index in [1.807, 2.05) is 4.90 Å². The van der Waals surface area contributed by atoms with E-state index in [9.17, 15) is 4.79 Å². The topological polar surface area (TPSA) is 41.6 Å². The van der Waals surface area contributed by atoms with Crippen molar-refractivity contribution >= 4 is 5.91 Å². The van der Waals surface area contributed by atoms with E-state index < -0.39 is 0 Å². The number of rotatable bonds is 7. The van der Waals surface area contributed by atoms with Gasteiger partial charge in [-0.3, -0.25) is 4.79 Å². The first-order valence-electron chi connectivity index (χ1n) is 8.11. The van der Waals surface area contributed by atoms with E-state index in [1.54, 1.807) is 7.11 Å². The molecule has 4 heteroatoms. The quantitative estimate of drug-likeness (QED) is 0.777. The van der Waals surface area contributed by atoms with Crippen molar-refractivity contribution in [2.75, 3.05) is 26.8 Å². The molecule has 2 unspecified atom stereocenters. The first-order valence-corrected chi connectivity index (χ1v) is 8.11. The number of nitrogens with zero attached hydrogens (tertiary/aromatic N) is 1. The number of nitrogens with one attached hydrogen (secondary N) is 1. The number of methoxy groups -OCH3 is 1. The summed E-state index contributed by atoms with van der Waals surface area (Å²) >= 11 is 0. The number of hydrogen-bond acceptors (Lipinski definition) is 3. The molecule has 0 radical (unpaired) electrons. The lowest BCUT2D eigenvalue weighted by molar-refractivity contribution is -0.133. The molecule has 0 spiro atoms. The minimum atomic E-state index is 0.321. The van der Waals surface area contributed by atoms with Gasteiger partial charge in [-0.1, -0.05) is 13.8 Å². The third kappa shape index (κ3) is 4.45. The van der Waals surface area contributed by atoms with Crippen molar-refractivity contribution in [3.8, 4) is 0 Å². The number of piperidine rings is 1. The van der Waals surface area contributed by atoms with Gasteiger partial charge >= 0.3 is 0 Å². The Bertz CT molecular complexity index is 308. The van der Waals surface area contributed by atoms with Gasteiger partial charge in [0.1, 0.15) is 0 Å². The monoisotopic (exact) mass is 282 g/mol. The first-order chi connectivity index (χ1) is 9.58. The zero-order valence-corrected chi connectivity index (χ0v) is 13.2. The predicted octanol–water partition coefficient (Wildman–Crippen LogP) is 2.04. The summed E-state index contributed by atoms with van der Waals surface area (Å²) in [5.41, 5.74) is 0. The van der Waals surface area contributed by atoms with Crippen LogP contribution < -0.4 is 5.32 Å². The van der Waals surface area contributed by atoms with E-state index in [4.69, 9.17) is 4.74 Å². The molecular weight excluding hydrogens is 252 g/mol. The van der Waals surface area contributed by atoms with Gasteiger partial charge in [0.2, 0.25) is 5.91 Å². The molecule has 0 aromatic heterocycles. The van der Waals surface area contributed by atoms with Crippen LogP contribution in [0.3, 0.4) is 0 Å². The lowest BCUT2D eigenvalue weighted by Gasteiger charge is -2.31. The Labute approximate surface area is 123 Å². The number of fused-ring (bicyclic) bond motifs is 2. The summed E-state index contributed by atoms with van der Waals surface area (Å²) in [6.45, 7) is 6.54. The van der Waals surface area contributed by atoms with E-state index >= 15 is 0 Å². The molecule has 1 N–H and O–H groups in total. The second kappa shape index (κ2) is 7.41. The third-order valence-electron chi connectivity index (χ3n) is 4.54. The minimum absolute atomic E-state index is 0.321. The van der Waals surface area contributed by atoms with E-state index in [-0.39, 0.29) is 0 Å². The minimum Gasteiger partial charge on any atom is -0.383 e. The number of carbonyl (C=O) groups is 1. The highest BCUT2D eigenvalue weighted by Crippen LogP contribution is 2.33. The fraction of sp³-hybridized carbons (Fsp3) is 0.938. The predicted molar refractivity (Wildman–Crippen MR) is 80.6 cm³/mol. The lowest BCUT2D eigenvalue weighted by atomic mass is 9.89. The molecule has 1 amide bonds. The van der Waals surface area contributed by atoms with E-state index in [2.05, 4.69) is 19.2 Å². The van der Waals surface area contributed by atoms with Gasteiger partial charge in [-0.05, 0) is 37.5 Å². The number of ether oxygens (including phenoxy) is 1. The average Bonchev–Trinajstić information content (AvgIpc) is 2.73.